The Labute approximate surface area is 201 Å². The Bertz CT molecular complexity index is 1170. The lowest BCUT2D eigenvalue weighted by Gasteiger charge is -2.47. The minimum absolute atomic E-state index is 0. The second-order valence-corrected chi connectivity index (χ2v) is 10.5. The van der Waals surface area contributed by atoms with Crippen LogP contribution in [0.3, 0.4) is 0 Å². The Kier molecular flexibility index (Phi) is 7.03. The monoisotopic (exact) mass is 460 g/mol. The maximum atomic E-state index is 4.97. The van der Waals surface area contributed by atoms with Crippen LogP contribution >= 0.6 is 11.3 Å². The summed E-state index contributed by atoms with van der Waals surface area (Å²) in [5, 5.41) is 4.89. The summed E-state index contributed by atoms with van der Waals surface area (Å²) in [6.07, 6.45) is 8.14. The highest BCUT2D eigenvalue weighted by Gasteiger charge is 2.41. The van der Waals surface area contributed by atoms with Crippen molar-refractivity contribution in [3.63, 3.8) is 0 Å². The molecule has 33 heavy (non-hydrogen) atoms. The maximum absolute atomic E-state index is 4.97. The van der Waals surface area contributed by atoms with Crippen molar-refractivity contribution in [3.8, 4) is 0 Å². The van der Waals surface area contributed by atoms with E-state index in [9.17, 15) is 0 Å². The number of H-pyrrole nitrogens is 1. The van der Waals surface area contributed by atoms with Crippen molar-refractivity contribution in [1.82, 2.24) is 21.0 Å². The van der Waals surface area contributed by atoms with Gasteiger partial charge in [0.1, 0.15) is 0 Å². The Balaban J connectivity index is 0.00000259. The molecule has 0 amide bonds. The van der Waals surface area contributed by atoms with E-state index in [1.807, 2.05) is 11.3 Å². The number of aromatic amines is 1. The SMILES string of the molecule is Cc1csc(C(Cc2c[nH]c3ccccc23)C2CCC(c3ccccc3)(N(C)C)CC2)n1.N. The third kappa shape index (κ3) is 4.50. The van der Waals surface area contributed by atoms with E-state index in [0.717, 1.165) is 12.1 Å². The number of nitrogens with zero attached hydrogens (tertiary/aromatic N) is 2. The van der Waals surface area contributed by atoms with Gasteiger partial charge in [-0.1, -0.05) is 48.5 Å². The van der Waals surface area contributed by atoms with Gasteiger partial charge < -0.3 is 11.1 Å². The van der Waals surface area contributed by atoms with Gasteiger partial charge in [0.05, 0.1) is 5.01 Å². The predicted molar refractivity (Wildman–Crippen MR) is 140 cm³/mol. The first-order valence-corrected chi connectivity index (χ1v) is 12.6. The quantitative estimate of drug-likeness (QED) is 0.323. The van der Waals surface area contributed by atoms with E-state index < -0.39 is 0 Å². The lowest BCUT2D eigenvalue weighted by Crippen LogP contribution is -2.45. The molecular formula is C28H36N4S. The summed E-state index contributed by atoms with van der Waals surface area (Å²) >= 11 is 1.85. The summed E-state index contributed by atoms with van der Waals surface area (Å²) in [6.45, 7) is 2.12. The molecule has 2 aromatic heterocycles. The number of hydrogen-bond acceptors (Lipinski definition) is 4. The van der Waals surface area contributed by atoms with Crippen LogP contribution in [0.15, 0.2) is 66.2 Å². The minimum atomic E-state index is 0. The average molecular weight is 461 g/mol. The standard InChI is InChI=1S/C28H33N3S.H3N/c1-20-19-32-27(30-20)25(17-22-18-29-26-12-8-7-11-24(22)26)21-13-15-28(16-14-21,31(2)3)23-9-5-4-6-10-23;/h4-12,18-19,21,25,29H,13-17H2,1-3H3;1H3. The molecule has 0 saturated heterocycles. The molecule has 2 aromatic carbocycles. The molecule has 0 spiro atoms. The van der Waals surface area contributed by atoms with E-state index in [1.54, 1.807) is 0 Å². The molecule has 1 aliphatic carbocycles. The van der Waals surface area contributed by atoms with Crippen molar-refractivity contribution < 1.29 is 0 Å². The third-order valence-corrected chi connectivity index (χ3v) is 8.76. The van der Waals surface area contributed by atoms with Crippen LogP contribution in [-0.4, -0.2) is 29.0 Å². The lowest BCUT2D eigenvalue weighted by atomic mass is 9.68. The van der Waals surface area contributed by atoms with Gasteiger partial charge in [-0.25, -0.2) is 4.98 Å². The van der Waals surface area contributed by atoms with Crippen molar-refractivity contribution in [1.29, 1.82) is 0 Å². The van der Waals surface area contributed by atoms with Gasteiger partial charge in [-0.05, 0) is 76.2 Å². The fourth-order valence-corrected chi connectivity index (χ4v) is 6.79. The molecular weight excluding hydrogens is 424 g/mol. The van der Waals surface area contributed by atoms with Crippen LogP contribution in [-0.2, 0) is 12.0 Å². The van der Waals surface area contributed by atoms with Gasteiger partial charge in [0.25, 0.3) is 0 Å². The van der Waals surface area contributed by atoms with Gasteiger partial charge in [-0.3, -0.25) is 4.90 Å². The highest BCUT2D eigenvalue weighted by Crippen LogP contribution is 2.48. The van der Waals surface area contributed by atoms with Gasteiger partial charge in [0, 0.05) is 39.6 Å². The average Bonchev–Trinajstić information content (AvgIpc) is 3.44. The summed E-state index contributed by atoms with van der Waals surface area (Å²) in [7, 11) is 4.50. The Morgan fingerprint density at radius 3 is 2.42 bits per heavy atom. The molecule has 1 unspecified atom stereocenters. The van der Waals surface area contributed by atoms with Crippen molar-refractivity contribution in [2.45, 2.75) is 50.5 Å². The van der Waals surface area contributed by atoms with Gasteiger partial charge in [0.15, 0.2) is 0 Å². The van der Waals surface area contributed by atoms with E-state index in [4.69, 9.17) is 4.98 Å². The molecule has 1 saturated carbocycles. The zero-order valence-corrected chi connectivity index (χ0v) is 20.9. The molecule has 5 rings (SSSR count). The number of fused-ring (bicyclic) bond motifs is 1. The molecule has 1 fully saturated rings. The fraction of sp³-hybridized carbons (Fsp3) is 0.393. The first-order valence-electron chi connectivity index (χ1n) is 11.8. The first kappa shape index (κ1) is 23.7. The number of benzene rings is 2. The predicted octanol–water partition coefficient (Wildman–Crippen LogP) is 7.07. The summed E-state index contributed by atoms with van der Waals surface area (Å²) in [5.41, 5.74) is 5.40. The van der Waals surface area contributed by atoms with Crippen LogP contribution in [0.5, 0.6) is 0 Å². The number of hydrogen-bond donors (Lipinski definition) is 2. The number of nitrogens with one attached hydrogen (secondary N) is 1. The Morgan fingerprint density at radius 1 is 1.06 bits per heavy atom. The molecule has 174 valence electrons. The zero-order chi connectivity index (χ0) is 22.1. The molecule has 4 aromatic rings. The summed E-state index contributed by atoms with van der Waals surface area (Å²) in [5.74, 6) is 1.13. The summed E-state index contributed by atoms with van der Waals surface area (Å²) in [4.78, 5) is 10.9. The second-order valence-electron chi connectivity index (χ2n) is 9.63. The van der Waals surface area contributed by atoms with Crippen molar-refractivity contribution >= 4 is 22.2 Å². The number of rotatable bonds is 6. The zero-order valence-electron chi connectivity index (χ0n) is 20.1. The van der Waals surface area contributed by atoms with Crippen LogP contribution < -0.4 is 6.15 Å². The van der Waals surface area contributed by atoms with E-state index in [-0.39, 0.29) is 11.7 Å². The summed E-state index contributed by atoms with van der Waals surface area (Å²) in [6, 6.07) is 19.8. The van der Waals surface area contributed by atoms with Gasteiger partial charge in [0.2, 0.25) is 0 Å². The van der Waals surface area contributed by atoms with E-state index in [0.29, 0.717) is 11.8 Å². The molecule has 0 radical (unpaired) electrons. The smallest absolute Gasteiger partial charge is 0.0965 e. The van der Waals surface area contributed by atoms with Crippen LogP contribution in [0.1, 0.15) is 53.4 Å². The lowest BCUT2D eigenvalue weighted by molar-refractivity contribution is 0.0704. The number of para-hydroxylation sites is 1. The number of aromatic nitrogens is 2. The summed E-state index contributed by atoms with van der Waals surface area (Å²) < 4.78 is 0. The number of thiazole rings is 1. The highest BCUT2D eigenvalue weighted by molar-refractivity contribution is 7.09. The molecule has 4 N–H and O–H groups in total. The van der Waals surface area contributed by atoms with E-state index >= 15 is 0 Å². The molecule has 2 heterocycles. The highest BCUT2D eigenvalue weighted by atomic mass is 32.1. The normalized spacial score (nSPS) is 21.8. The second kappa shape index (κ2) is 9.80. The topological polar surface area (TPSA) is 66.9 Å². The minimum Gasteiger partial charge on any atom is -0.361 e. The van der Waals surface area contributed by atoms with E-state index in [2.05, 4.69) is 97.1 Å². The van der Waals surface area contributed by atoms with Crippen LogP contribution in [0.2, 0.25) is 0 Å². The largest absolute Gasteiger partial charge is 0.361 e. The fourth-order valence-electron chi connectivity index (χ4n) is 5.80. The first-order chi connectivity index (χ1) is 15.6. The molecule has 4 nitrogen and oxygen atoms in total. The molecule has 0 bridgehead atoms. The molecule has 0 aliphatic heterocycles. The van der Waals surface area contributed by atoms with Crippen LogP contribution in [0, 0.1) is 12.8 Å². The van der Waals surface area contributed by atoms with Crippen molar-refractivity contribution in [2.24, 2.45) is 5.92 Å². The molecule has 1 aliphatic rings. The van der Waals surface area contributed by atoms with Gasteiger partial charge in [-0.2, -0.15) is 0 Å². The Morgan fingerprint density at radius 2 is 1.76 bits per heavy atom. The maximum Gasteiger partial charge on any atom is 0.0965 e. The molecule has 5 heteroatoms. The van der Waals surface area contributed by atoms with Gasteiger partial charge in [-0.15, -0.1) is 11.3 Å². The third-order valence-electron chi connectivity index (χ3n) is 7.66. The van der Waals surface area contributed by atoms with Gasteiger partial charge >= 0.3 is 0 Å². The Hall–Kier alpha value is -2.47. The molecule has 1 atom stereocenters. The van der Waals surface area contributed by atoms with Crippen LogP contribution in [0.25, 0.3) is 10.9 Å². The van der Waals surface area contributed by atoms with Crippen molar-refractivity contribution in [2.75, 3.05) is 14.1 Å². The van der Waals surface area contributed by atoms with Crippen LogP contribution in [0.4, 0.5) is 0 Å². The van der Waals surface area contributed by atoms with Crippen molar-refractivity contribution in [3.05, 3.63) is 88.0 Å². The number of aryl methyl sites for hydroxylation is 1. The van der Waals surface area contributed by atoms with E-state index in [1.165, 1.54) is 52.7 Å².